The molecule has 0 aliphatic rings. The van der Waals surface area contributed by atoms with Crippen LogP contribution in [0.2, 0.25) is 0 Å². The lowest BCUT2D eigenvalue weighted by Crippen LogP contribution is -2.05. The van der Waals surface area contributed by atoms with Crippen molar-refractivity contribution in [2.45, 2.75) is 58.7 Å². The van der Waals surface area contributed by atoms with Crippen molar-refractivity contribution in [1.82, 2.24) is 9.13 Å². The summed E-state index contributed by atoms with van der Waals surface area (Å²) in [5.41, 5.74) is 9.11. The Morgan fingerprint density at radius 2 is 0.368 bits per heavy atom. The van der Waals surface area contributed by atoms with Gasteiger partial charge in [0.15, 0.2) is 0 Å². The van der Waals surface area contributed by atoms with E-state index in [0.717, 1.165) is 33.4 Å². The third kappa shape index (κ3) is 9.52. The monoisotopic (exact) mass is 1270 g/mol. The van der Waals surface area contributed by atoms with Crippen molar-refractivity contribution in [3.8, 4) is 22.5 Å². The van der Waals surface area contributed by atoms with Gasteiger partial charge < -0.3 is 9.13 Å². The SMILES string of the molecule is c1ccc(-c2ccc3c(c2)c2cc(S(c4ccccc4)(c4ccccc4)c4ccccc4)ccc2n3-c2cccc(-n3c4ccc(S(c5ccccc5)(c5ccccc5)c5ccccc5)cc4c4cc(S(c5ccccc5)(c5ccccc5)c5ccccc5)ccc43)c2)cc1. The normalized spacial score (nSPS) is 12.5. The molecule has 0 fully saturated rings. The highest BCUT2D eigenvalue weighted by Gasteiger charge is 2.38. The van der Waals surface area contributed by atoms with E-state index in [1.165, 1.54) is 91.4 Å². The lowest BCUT2D eigenvalue weighted by molar-refractivity contribution is 1.13. The summed E-state index contributed by atoms with van der Waals surface area (Å²) < 4.78 is 5.05. The van der Waals surface area contributed by atoms with Gasteiger partial charge in [-0.25, -0.2) is 0 Å². The van der Waals surface area contributed by atoms with Gasteiger partial charge in [0.05, 0.1) is 22.1 Å². The first-order valence-corrected chi connectivity index (χ1v) is 37.3. The number of aromatic nitrogens is 2. The molecule has 2 nitrogen and oxygen atoms in total. The minimum absolute atomic E-state index is 1.08. The van der Waals surface area contributed by atoms with Crippen molar-refractivity contribution in [2.75, 3.05) is 0 Å². The first-order chi connectivity index (χ1) is 47.1. The minimum atomic E-state index is -2.06. The summed E-state index contributed by atoms with van der Waals surface area (Å²) in [6, 6.07) is 150. The fraction of sp³-hybridized carbons (Fsp3) is 0. The van der Waals surface area contributed by atoms with Crippen LogP contribution >= 0.6 is 30.1 Å². The van der Waals surface area contributed by atoms with Crippen LogP contribution < -0.4 is 0 Å². The summed E-state index contributed by atoms with van der Waals surface area (Å²) in [4.78, 5) is 15.4. The molecule has 17 aromatic rings. The summed E-state index contributed by atoms with van der Waals surface area (Å²) in [5, 5.41) is 4.81. The molecule has 0 saturated heterocycles. The molecule has 454 valence electrons. The van der Waals surface area contributed by atoms with E-state index in [2.05, 4.69) is 410 Å². The molecule has 2 heterocycles. The molecule has 0 spiro atoms. The second-order valence-corrected chi connectivity index (χ2v) is 33.3. The Morgan fingerprint density at radius 3 is 0.621 bits per heavy atom. The summed E-state index contributed by atoms with van der Waals surface area (Å²) in [6.07, 6.45) is 0. The lowest BCUT2D eigenvalue weighted by atomic mass is 10.0. The predicted molar refractivity (Wildman–Crippen MR) is 400 cm³/mol. The zero-order valence-electron chi connectivity index (χ0n) is 52.2. The van der Waals surface area contributed by atoms with Gasteiger partial charge in [-0.15, -0.1) is 30.1 Å². The maximum absolute atomic E-state index is 2.56. The quantitative estimate of drug-likeness (QED) is 0.0968. The molecular weight excluding hydrogens is 1210 g/mol. The van der Waals surface area contributed by atoms with Gasteiger partial charge in [0, 0.05) is 91.7 Å². The molecule has 0 aliphatic heterocycles. The van der Waals surface area contributed by atoms with Crippen LogP contribution in [0.4, 0.5) is 0 Å². The van der Waals surface area contributed by atoms with Gasteiger partial charge in [-0.2, -0.15) is 0 Å². The second-order valence-electron chi connectivity index (χ2n) is 24.0. The van der Waals surface area contributed by atoms with Crippen LogP contribution in [0.15, 0.2) is 459 Å². The van der Waals surface area contributed by atoms with E-state index >= 15 is 0 Å². The van der Waals surface area contributed by atoms with Crippen LogP contribution in [0.3, 0.4) is 0 Å². The van der Waals surface area contributed by atoms with E-state index in [0.29, 0.717) is 0 Å². The van der Waals surface area contributed by atoms with E-state index in [4.69, 9.17) is 0 Å². The van der Waals surface area contributed by atoms with Crippen LogP contribution in [-0.4, -0.2) is 9.13 Å². The first-order valence-electron chi connectivity index (χ1n) is 32.4. The molecule has 15 aromatic carbocycles. The highest BCUT2D eigenvalue weighted by Crippen LogP contribution is 2.76. The zero-order chi connectivity index (χ0) is 63.2. The molecule has 0 saturated carbocycles. The van der Waals surface area contributed by atoms with Crippen LogP contribution in [0.5, 0.6) is 0 Å². The maximum atomic E-state index is 2.56. The number of hydrogen-bond acceptors (Lipinski definition) is 0. The van der Waals surface area contributed by atoms with Crippen LogP contribution in [0, 0.1) is 0 Å². The summed E-state index contributed by atoms with van der Waals surface area (Å²) in [5.74, 6) is 0. The van der Waals surface area contributed by atoms with Crippen molar-refractivity contribution >= 4 is 73.7 Å². The van der Waals surface area contributed by atoms with Crippen molar-refractivity contribution in [1.29, 1.82) is 0 Å². The molecule has 0 bridgehead atoms. The third-order valence-electron chi connectivity index (χ3n) is 18.8. The van der Waals surface area contributed by atoms with Crippen LogP contribution in [0.25, 0.3) is 66.1 Å². The van der Waals surface area contributed by atoms with Gasteiger partial charge in [0.1, 0.15) is 0 Å². The van der Waals surface area contributed by atoms with E-state index < -0.39 is 30.1 Å². The Balaban J connectivity index is 0.940. The topological polar surface area (TPSA) is 9.86 Å². The number of fused-ring (bicyclic) bond motifs is 6. The molecule has 5 heteroatoms. The molecule has 0 amide bonds. The molecular formula is C90H66N2S3. The van der Waals surface area contributed by atoms with Crippen LogP contribution in [0.1, 0.15) is 0 Å². The Hall–Kier alpha value is -11.1. The molecule has 2 aromatic heterocycles. The summed E-state index contributed by atoms with van der Waals surface area (Å²) in [6.45, 7) is 0. The molecule has 0 N–H and O–H groups in total. The van der Waals surface area contributed by atoms with E-state index in [1.807, 2.05) is 0 Å². The van der Waals surface area contributed by atoms with Crippen molar-refractivity contribution in [2.24, 2.45) is 0 Å². The Morgan fingerprint density at radius 1 is 0.147 bits per heavy atom. The maximum Gasteiger partial charge on any atom is 0.0541 e. The van der Waals surface area contributed by atoms with Gasteiger partial charge in [0.2, 0.25) is 0 Å². The molecule has 0 atom stereocenters. The van der Waals surface area contributed by atoms with Gasteiger partial charge in [0.25, 0.3) is 0 Å². The standard InChI is InChI=1S/C90H66N2S3/c1-11-32-67(33-12-1)68-54-58-87-83(62-68)84-64-80(93(71-36-13-2-14-37-71,72-38-15-3-16-39-72)73-40-17-4-18-41-73)55-59-88(84)91(87)69-34-31-35-70(63-69)92-89-60-56-81(94(74-42-19-5-20-43-74,75-44-21-6-22-45-75)76-46-23-7-24-47-76)65-85(89)86-66-82(57-61-90(86)92)95(77-48-25-8-26-49-77,78-50-27-9-28-51-78)79-52-29-10-30-53-79/h1-66H. The molecule has 95 heavy (non-hydrogen) atoms. The average molecular weight is 1270 g/mol. The Bertz CT molecular complexity index is 5080. The first kappa shape index (κ1) is 57.8. The number of hydrogen-bond donors (Lipinski definition) is 0. The van der Waals surface area contributed by atoms with Crippen molar-refractivity contribution in [3.63, 3.8) is 0 Å². The smallest absolute Gasteiger partial charge is 0.0541 e. The number of benzene rings is 15. The Kier molecular flexibility index (Phi) is 14.9. The Labute approximate surface area is 560 Å². The van der Waals surface area contributed by atoms with Crippen molar-refractivity contribution < 1.29 is 0 Å². The highest BCUT2D eigenvalue weighted by molar-refractivity contribution is 8.34. The van der Waals surface area contributed by atoms with Crippen LogP contribution in [-0.2, 0) is 0 Å². The van der Waals surface area contributed by atoms with E-state index in [-0.39, 0.29) is 0 Å². The summed E-state index contributed by atoms with van der Waals surface area (Å²) in [7, 11) is -6.12. The average Bonchev–Trinajstić information content (AvgIpc) is 1.69. The largest absolute Gasteiger partial charge is 0.309 e. The number of rotatable bonds is 15. The third-order valence-corrected chi connectivity index (χ3v) is 30.5. The van der Waals surface area contributed by atoms with Gasteiger partial charge in [-0.3, -0.25) is 0 Å². The van der Waals surface area contributed by atoms with Gasteiger partial charge in [-0.05, 0) is 205 Å². The predicted octanol–water partition coefficient (Wildman–Crippen LogP) is 25.6. The lowest BCUT2D eigenvalue weighted by Gasteiger charge is -2.42. The molecule has 17 rings (SSSR count). The van der Waals surface area contributed by atoms with Gasteiger partial charge in [-0.1, -0.05) is 206 Å². The highest BCUT2D eigenvalue weighted by atomic mass is 32.3. The fourth-order valence-electron chi connectivity index (χ4n) is 14.8. The fourth-order valence-corrected chi connectivity index (χ4v) is 26.5. The molecule has 0 aliphatic carbocycles. The van der Waals surface area contributed by atoms with E-state index in [1.54, 1.807) is 0 Å². The van der Waals surface area contributed by atoms with E-state index in [9.17, 15) is 0 Å². The van der Waals surface area contributed by atoms with Gasteiger partial charge >= 0.3 is 0 Å². The zero-order valence-corrected chi connectivity index (χ0v) is 54.7. The summed E-state index contributed by atoms with van der Waals surface area (Å²) >= 11 is 0. The minimum Gasteiger partial charge on any atom is -0.309 e. The number of nitrogens with zero attached hydrogens (tertiary/aromatic N) is 2. The second kappa shape index (κ2) is 24.4. The molecule has 0 unspecified atom stereocenters. The van der Waals surface area contributed by atoms with Crippen molar-refractivity contribution in [3.05, 3.63) is 400 Å². The molecule has 0 radical (unpaired) electrons.